The quantitative estimate of drug-likeness (QED) is 0.780. The van der Waals surface area contributed by atoms with Crippen molar-refractivity contribution in [3.63, 3.8) is 0 Å². The highest BCUT2D eigenvalue weighted by atomic mass is 16.5. The van der Waals surface area contributed by atoms with Gasteiger partial charge in [-0.2, -0.15) is 4.98 Å². The first-order valence-electron chi connectivity index (χ1n) is 6.54. The van der Waals surface area contributed by atoms with E-state index in [2.05, 4.69) is 36.1 Å². The van der Waals surface area contributed by atoms with Crippen molar-refractivity contribution in [2.75, 3.05) is 17.7 Å². The zero-order valence-corrected chi connectivity index (χ0v) is 11.7. The number of ether oxygens (including phenoxy) is 1. The minimum Gasteiger partial charge on any atom is -0.476 e. The van der Waals surface area contributed by atoms with Crippen molar-refractivity contribution in [1.82, 2.24) is 9.97 Å². The summed E-state index contributed by atoms with van der Waals surface area (Å²) in [5, 5.41) is 3.30. The second-order valence-corrected chi connectivity index (χ2v) is 4.96. The molecule has 1 rings (SSSR count). The first-order valence-corrected chi connectivity index (χ1v) is 6.54. The number of hydrogen-bond donors (Lipinski definition) is 2. The van der Waals surface area contributed by atoms with Gasteiger partial charge in [-0.15, -0.1) is 0 Å². The Morgan fingerprint density at radius 3 is 2.67 bits per heavy atom. The van der Waals surface area contributed by atoms with Crippen LogP contribution in [0.3, 0.4) is 0 Å². The monoisotopic (exact) mass is 252 g/mol. The lowest BCUT2D eigenvalue weighted by Gasteiger charge is -2.18. The molecule has 1 aromatic heterocycles. The first-order chi connectivity index (χ1) is 8.54. The van der Waals surface area contributed by atoms with Crippen LogP contribution in [0, 0.1) is 5.92 Å². The van der Waals surface area contributed by atoms with E-state index in [9.17, 15) is 0 Å². The second-order valence-electron chi connectivity index (χ2n) is 4.96. The van der Waals surface area contributed by atoms with Crippen LogP contribution in [0.25, 0.3) is 0 Å². The van der Waals surface area contributed by atoms with Gasteiger partial charge >= 0.3 is 0 Å². The maximum Gasteiger partial charge on any atom is 0.242 e. The Bertz CT molecular complexity index is 368. The van der Waals surface area contributed by atoms with Crippen molar-refractivity contribution in [3.8, 4) is 5.88 Å². The van der Waals surface area contributed by atoms with Crippen molar-refractivity contribution in [1.29, 1.82) is 0 Å². The average molecular weight is 252 g/mol. The Balaban J connectivity index is 2.70. The zero-order valence-electron chi connectivity index (χ0n) is 11.7. The third-order valence-electron chi connectivity index (χ3n) is 2.50. The maximum atomic E-state index is 5.99. The summed E-state index contributed by atoms with van der Waals surface area (Å²) in [7, 11) is 0. The van der Waals surface area contributed by atoms with Crippen LogP contribution >= 0.6 is 0 Å². The molecule has 0 saturated carbocycles. The van der Waals surface area contributed by atoms with Crippen LogP contribution in [0.5, 0.6) is 5.88 Å². The predicted octanol–water partition coefficient (Wildman–Crippen LogP) is 2.69. The Labute approximate surface area is 109 Å². The van der Waals surface area contributed by atoms with Crippen molar-refractivity contribution < 1.29 is 4.74 Å². The van der Waals surface area contributed by atoms with Gasteiger partial charge in [-0.1, -0.05) is 20.8 Å². The molecule has 0 aliphatic carbocycles. The van der Waals surface area contributed by atoms with Crippen LogP contribution in [0.4, 0.5) is 11.5 Å². The molecular weight excluding hydrogens is 228 g/mol. The van der Waals surface area contributed by atoms with Crippen LogP contribution in [-0.4, -0.2) is 22.6 Å². The molecule has 0 spiro atoms. The first kappa shape index (κ1) is 14.5. The minimum absolute atomic E-state index is 0.321. The van der Waals surface area contributed by atoms with Gasteiger partial charge in [0.1, 0.15) is 12.0 Å². The minimum atomic E-state index is 0.321. The normalized spacial score (nSPS) is 12.5. The SMILES string of the molecule is CCCOc1ncnc(NC(C)CC(C)C)c1N. The summed E-state index contributed by atoms with van der Waals surface area (Å²) < 4.78 is 5.47. The van der Waals surface area contributed by atoms with Crippen LogP contribution < -0.4 is 15.8 Å². The number of nitrogens with zero attached hydrogens (tertiary/aromatic N) is 2. The van der Waals surface area contributed by atoms with E-state index in [0.717, 1.165) is 12.8 Å². The molecule has 1 unspecified atom stereocenters. The average Bonchev–Trinajstić information content (AvgIpc) is 2.29. The summed E-state index contributed by atoms with van der Waals surface area (Å²) >= 11 is 0. The third-order valence-corrected chi connectivity index (χ3v) is 2.50. The summed E-state index contributed by atoms with van der Waals surface area (Å²) in [6, 6.07) is 0.321. The standard InChI is InChI=1S/C13H24N4O/c1-5-6-18-13-11(14)12(15-8-16-13)17-10(4)7-9(2)3/h8-10H,5-7,14H2,1-4H3,(H,15,16,17). The summed E-state index contributed by atoms with van der Waals surface area (Å²) in [5.41, 5.74) is 6.48. The van der Waals surface area contributed by atoms with E-state index in [4.69, 9.17) is 10.5 Å². The topological polar surface area (TPSA) is 73.1 Å². The largest absolute Gasteiger partial charge is 0.476 e. The fourth-order valence-electron chi connectivity index (χ4n) is 1.81. The number of anilines is 2. The van der Waals surface area contributed by atoms with Crippen molar-refractivity contribution in [2.24, 2.45) is 5.92 Å². The molecule has 102 valence electrons. The zero-order chi connectivity index (χ0) is 13.5. The van der Waals surface area contributed by atoms with Crippen molar-refractivity contribution >= 4 is 11.5 Å². The Morgan fingerprint density at radius 1 is 1.33 bits per heavy atom. The highest BCUT2D eigenvalue weighted by molar-refractivity contribution is 5.66. The number of nitrogens with two attached hydrogens (primary N) is 1. The van der Waals surface area contributed by atoms with Gasteiger partial charge in [-0.25, -0.2) is 4.98 Å². The molecule has 5 nitrogen and oxygen atoms in total. The highest BCUT2D eigenvalue weighted by Crippen LogP contribution is 2.25. The molecule has 0 fully saturated rings. The van der Waals surface area contributed by atoms with E-state index in [1.807, 2.05) is 6.92 Å². The van der Waals surface area contributed by atoms with Crippen LogP contribution in [0.1, 0.15) is 40.5 Å². The second kappa shape index (κ2) is 7.03. The molecule has 0 bridgehead atoms. The molecule has 0 aromatic carbocycles. The molecule has 0 aliphatic heterocycles. The predicted molar refractivity (Wildman–Crippen MR) is 74.8 cm³/mol. The lowest BCUT2D eigenvalue weighted by Crippen LogP contribution is -2.19. The lowest BCUT2D eigenvalue weighted by atomic mass is 10.1. The molecule has 5 heteroatoms. The molecule has 0 amide bonds. The fraction of sp³-hybridized carbons (Fsp3) is 0.692. The Hall–Kier alpha value is -1.52. The molecule has 0 radical (unpaired) electrons. The summed E-state index contributed by atoms with van der Waals surface area (Å²) in [4.78, 5) is 8.21. The molecule has 1 atom stereocenters. The third kappa shape index (κ3) is 4.39. The van der Waals surface area contributed by atoms with Crippen molar-refractivity contribution in [2.45, 2.75) is 46.6 Å². The van der Waals surface area contributed by atoms with E-state index in [1.54, 1.807) is 0 Å². The van der Waals surface area contributed by atoms with Crippen LogP contribution in [0.2, 0.25) is 0 Å². The number of nitrogens with one attached hydrogen (secondary N) is 1. The summed E-state index contributed by atoms with van der Waals surface area (Å²) in [5.74, 6) is 1.75. The molecule has 18 heavy (non-hydrogen) atoms. The maximum absolute atomic E-state index is 5.99. The number of hydrogen-bond acceptors (Lipinski definition) is 5. The van der Waals surface area contributed by atoms with Gasteiger partial charge in [0.2, 0.25) is 5.88 Å². The smallest absolute Gasteiger partial charge is 0.242 e. The van der Waals surface area contributed by atoms with E-state index < -0.39 is 0 Å². The van der Waals surface area contributed by atoms with Gasteiger partial charge in [-0.3, -0.25) is 0 Å². The van der Waals surface area contributed by atoms with Crippen LogP contribution in [-0.2, 0) is 0 Å². The van der Waals surface area contributed by atoms with Gasteiger partial charge < -0.3 is 15.8 Å². The molecule has 0 aliphatic rings. The highest BCUT2D eigenvalue weighted by Gasteiger charge is 2.12. The lowest BCUT2D eigenvalue weighted by molar-refractivity contribution is 0.306. The van der Waals surface area contributed by atoms with Crippen LogP contribution in [0.15, 0.2) is 6.33 Å². The summed E-state index contributed by atoms with van der Waals surface area (Å²) in [6.45, 7) is 9.16. The van der Waals surface area contributed by atoms with Gasteiger partial charge in [0, 0.05) is 6.04 Å². The van der Waals surface area contributed by atoms with Gasteiger partial charge in [0.15, 0.2) is 5.82 Å². The fourth-order valence-corrected chi connectivity index (χ4v) is 1.81. The molecule has 0 saturated heterocycles. The van der Waals surface area contributed by atoms with E-state index in [0.29, 0.717) is 36.0 Å². The van der Waals surface area contributed by atoms with Gasteiger partial charge in [0.25, 0.3) is 0 Å². The molecule has 3 N–H and O–H groups in total. The number of nitrogen functional groups attached to an aromatic ring is 1. The Morgan fingerprint density at radius 2 is 2.06 bits per heavy atom. The summed E-state index contributed by atoms with van der Waals surface area (Å²) in [6.07, 6.45) is 3.47. The molecular formula is C13H24N4O. The number of rotatable bonds is 7. The Kier molecular flexibility index (Phi) is 5.68. The van der Waals surface area contributed by atoms with E-state index in [1.165, 1.54) is 6.33 Å². The van der Waals surface area contributed by atoms with Gasteiger partial charge in [-0.05, 0) is 25.7 Å². The van der Waals surface area contributed by atoms with Gasteiger partial charge in [0.05, 0.1) is 6.61 Å². The van der Waals surface area contributed by atoms with Crippen molar-refractivity contribution in [3.05, 3.63) is 6.33 Å². The van der Waals surface area contributed by atoms with E-state index >= 15 is 0 Å². The molecule has 1 heterocycles. The van der Waals surface area contributed by atoms with E-state index in [-0.39, 0.29) is 0 Å². The molecule has 1 aromatic rings. The number of aromatic nitrogens is 2.